The molecule has 2 aliphatic heterocycles. The first-order valence-corrected chi connectivity index (χ1v) is 9.14. The van der Waals surface area contributed by atoms with E-state index in [-0.39, 0.29) is 23.7 Å². The second-order valence-corrected chi connectivity index (χ2v) is 7.09. The van der Waals surface area contributed by atoms with E-state index in [1.165, 1.54) is 0 Å². The highest BCUT2D eigenvalue weighted by Crippen LogP contribution is 2.30. The van der Waals surface area contributed by atoms with Crippen LogP contribution in [0.4, 0.5) is 17.5 Å². The predicted molar refractivity (Wildman–Crippen MR) is 102 cm³/mol. The van der Waals surface area contributed by atoms with Crippen LogP contribution in [-0.4, -0.2) is 34.9 Å². The Hall–Kier alpha value is -2.87. The van der Waals surface area contributed by atoms with Gasteiger partial charge in [-0.1, -0.05) is 17.7 Å². The number of carbonyl (C=O) groups excluding carboxylic acids is 2. The molecule has 0 aliphatic carbocycles. The number of anilines is 3. The highest BCUT2D eigenvalue weighted by molar-refractivity contribution is 6.30. The lowest BCUT2D eigenvalue weighted by molar-refractivity contribution is -0.123. The molecule has 27 heavy (non-hydrogen) atoms. The largest absolute Gasteiger partial charge is 0.342 e. The van der Waals surface area contributed by atoms with Crippen molar-refractivity contribution in [1.82, 2.24) is 9.97 Å². The van der Waals surface area contributed by atoms with E-state index < -0.39 is 17.4 Å². The molecule has 3 N–H and O–H groups in total. The van der Waals surface area contributed by atoms with Crippen molar-refractivity contribution >= 4 is 40.9 Å². The van der Waals surface area contributed by atoms with E-state index >= 15 is 0 Å². The van der Waals surface area contributed by atoms with Crippen molar-refractivity contribution in [3.05, 3.63) is 45.2 Å². The van der Waals surface area contributed by atoms with Gasteiger partial charge < -0.3 is 15.5 Å². The van der Waals surface area contributed by atoms with E-state index in [2.05, 4.69) is 20.6 Å². The molecule has 8 nitrogen and oxygen atoms in total. The van der Waals surface area contributed by atoms with E-state index in [4.69, 9.17) is 11.6 Å². The van der Waals surface area contributed by atoms with Gasteiger partial charge in [-0.3, -0.25) is 19.4 Å². The molecule has 2 amide bonds. The molecule has 140 valence electrons. The molecule has 2 aromatic rings. The third-order valence-electron chi connectivity index (χ3n) is 4.75. The molecule has 1 fully saturated rings. The molecule has 1 saturated heterocycles. The number of fused-ring (bicyclic) bond motifs is 1. The average Bonchev–Trinajstić information content (AvgIpc) is 3.15. The molecule has 1 aromatic heterocycles. The quantitative estimate of drug-likeness (QED) is 0.747. The average molecular weight is 388 g/mol. The van der Waals surface area contributed by atoms with Gasteiger partial charge in [0.15, 0.2) is 0 Å². The maximum Gasteiger partial charge on any atom is 0.258 e. The number of nitrogens with zero attached hydrogens (tertiary/aromatic N) is 2. The number of benzene rings is 1. The summed E-state index contributed by atoms with van der Waals surface area (Å²) in [5.74, 6) is -1.14. The highest BCUT2D eigenvalue weighted by atomic mass is 35.5. The minimum Gasteiger partial charge on any atom is -0.342 e. The Morgan fingerprint density at radius 1 is 1.26 bits per heavy atom. The molecule has 0 radical (unpaired) electrons. The first-order valence-electron chi connectivity index (χ1n) is 8.77. The lowest BCUT2D eigenvalue weighted by atomic mass is 9.92. The summed E-state index contributed by atoms with van der Waals surface area (Å²) in [5.41, 5.74) is 0.267. The van der Waals surface area contributed by atoms with Gasteiger partial charge in [0.2, 0.25) is 17.8 Å². The fraction of sp³-hybridized carbons (Fsp3) is 0.333. The van der Waals surface area contributed by atoms with Crippen LogP contribution >= 0.6 is 11.6 Å². The van der Waals surface area contributed by atoms with Crippen LogP contribution in [0.1, 0.15) is 30.7 Å². The molecule has 0 unspecified atom stereocenters. The van der Waals surface area contributed by atoms with Gasteiger partial charge in [-0.2, -0.15) is 4.98 Å². The molecule has 0 bridgehead atoms. The van der Waals surface area contributed by atoms with Gasteiger partial charge in [-0.15, -0.1) is 0 Å². The number of aromatic nitrogens is 2. The number of aromatic amines is 1. The molecule has 9 heteroatoms. The van der Waals surface area contributed by atoms with Crippen molar-refractivity contribution in [2.24, 2.45) is 0 Å². The smallest absolute Gasteiger partial charge is 0.258 e. The Labute approximate surface area is 159 Å². The molecule has 1 atom stereocenters. The van der Waals surface area contributed by atoms with Crippen molar-refractivity contribution in [3.8, 4) is 0 Å². The topological polar surface area (TPSA) is 107 Å². The summed E-state index contributed by atoms with van der Waals surface area (Å²) < 4.78 is 0. The van der Waals surface area contributed by atoms with Gasteiger partial charge in [-0.25, -0.2) is 0 Å². The Morgan fingerprint density at radius 2 is 2.04 bits per heavy atom. The maximum absolute atomic E-state index is 12.8. The SMILES string of the molecule is O=C1C[C@@H](C(=O)Nc2cccc(Cl)c2)c2c(nc(N3CCCC3)[nH]c2=O)N1. The van der Waals surface area contributed by atoms with E-state index in [1.807, 2.05) is 4.90 Å². The summed E-state index contributed by atoms with van der Waals surface area (Å²) >= 11 is 5.94. The van der Waals surface area contributed by atoms with Crippen LogP contribution in [-0.2, 0) is 9.59 Å². The monoisotopic (exact) mass is 387 g/mol. The molecule has 3 heterocycles. The zero-order valence-electron chi connectivity index (χ0n) is 14.4. The number of carbonyl (C=O) groups is 2. The van der Waals surface area contributed by atoms with Crippen molar-refractivity contribution < 1.29 is 9.59 Å². The van der Waals surface area contributed by atoms with Crippen LogP contribution < -0.4 is 21.1 Å². The van der Waals surface area contributed by atoms with E-state index in [9.17, 15) is 14.4 Å². The highest BCUT2D eigenvalue weighted by Gasteiger charge is 2.35. The summed E-state index contributed by atoms with van der Waals surface area (Å²) in [6.45, 7) is 1.60. The van der Waals surface area contributed by atoms with Crippen molar-refractivity contribution in [2.75, 3.05) is 28.6 Å². The molecule has 0 spiro atoms. The van der Waals surface area contributed by atoms with Crippen LogP contribution in [0.15, 0.2) is 29.1 Å². The Bertz CT molecular complexity index is 968. The van der Waals surface area contributed by atoms with Gasteiger partial charge in [0, 0.05) is 30.2 Å². The van der Waals surface area contributed by atoms with Gasteiger partial charge in [0.05, 0.1) is 11.5 Å². The lowest BCUT2D eigenvalue weighted by Crippen LogP contribution is -2.37. The summed E-state index contributed by atoms with van der Waals surface area (Å²) in [5, 5.41) is 5.82. The minimum absolute atomic E-state index is 0.118. The molecule has 4 rings (SSSR count). The number of H-pyrrole nitrogens is 1. The summed E-state index contributed by atoms with van der Waals surface area (Å²) in [4.78, 5) is 46.7. The standard InChI is InChI=1S/C18H18ClN5O3/c19-10-4-3-5-11(8-10)20-16(26)12-9-13(25)21-15-14(12)17(27)23-18(22-15)24-6-1-2-7-24/h3-5,8,12H,1-2,6-7,9H2,(H,20,26)(H2,21,22,23,25,27)/t12-/m1/s1. The number of rotatable bonds is 3. The molecule has 0 saturated carbocycles. The third kappa shape index (κ3) is 3.52. The van der Waals surface area contributed by atoms with Gasteiger partial charge in [-0.05, 0) is 31.0 Å². The van der Waals surface area contributed by atoms with Gasteiger partial charge in [0.1, 0.15) is 5.82 Å². The predicted octanol–water partition coefficient (Wildman–Crippen LogP) is 2.09. The normalized spacial score (nSPS) is 18.8. The van der Waals surface area contributed by atoms with E-state index in [1.54, 1.807) is 24.3 Å². The van der Waals surface area contributed by atoms with Gasteiger partial charge >= 0.3 is 0 Å². The van der Waals surface area contributed by atoms with Crippen LogP contribution in [0.3, 0.4) is 0 Å². The van der Waals surface area contributed by atoms with Crippen molar-refractivity contribution in [1.29, 1.82) is 0 Å². The van der Waals surface area contributed by atoms with Crippen molar-refractivity contribution in [2.45, 2.75) is 25.2 Å². The van der Waals surface area contributed by atoms with Crippen LogP contribution in [0.2, 0.25) is 5.02 Å². The van der Waals surface area contributed by atoms with E-state index in [0.29, 0.717) is 16.7 Å². The number of halogens is 1. The zero-order valence-corrected chi connectivity index (χ0v) is 15.2. The Kier molecular flexibility index (Phi) is 4.57. The summed E-state index contributed by atoms with van der Waals surface area (Å²) in [6.07, 6.45) is 1.93. The molecule has 2 aliphatic rings. The summed E-state index contributed by atoms with van der Waals surface area (Å²) in [6, 6.07) is 6.68. The number of nitrogens with one attached hydrogen (secondary N) is 3. The Balaban J connectivity index is 1.66. The Morgan fingerprint density at radius 3 is 2.78 bits per heavy atom. The molecular formula is C18H18ClN5O3. The fourth-order valence-corrected chi connectivity index (χ4v) is 3.65. The fourth-order valence-electron chi connectivity index (χ4n) is 3.46. The number of amides is 2. The second-order valence-electron chi connectivity index (χ2n) is 6.65. The molecular weight excluding hydrogens is 370 g/mol. The third-order valence-corrected chi connectivity index (χ3v) is 4.99. The van der Waals surface area contributed by atoms with E-state index in [0.717, 1.165) is 25.9 Å². The number of hydrogen-bond donors (Lipinski definition) is 3. The van der Waals surface area contributed by atoms with Crippen LogP contribution in [0.25, 0.3) is 0 Å². The van der Waals surface area contributed by atoms with Gasteiger partial charge in [0.25, 0.3) is 5.56 Å². The zero-order chi connectivity index (χ0) is 19.0. The van der Waals surface area contributed by atoms with Crippen molar-refractivity contribution in [3.63, 3.8) is 0 Å². The van der Waals surface area contributed by atoms with Crippen LogP contribution in [0.5, 0.6) is 0 Å². The van der Waals surface area contributed by atoms with Crippen LogP contribution in [0, 0.1) is 0 Å². The summed E-state index contributed by atoms with van der Waals surface area (Å²) in [7, 11) is 0. The first-order chi connectivity index (χ1) is 13.0. The first kappa shape index (κ1) is 17.5. The molecule has 1 aromatic carbocycles. The second kappa shape index (κ2) is 7.03. The minimum atomic E-state index is -0.920. The number of hydrogen-bond acceptors (Lipinski definition) is 5. The maximum atomic E-state index is 12.8. The lowest BCUT2D eigenvalue weighted by Gasteiger charge is -2.25.